The van der Waals surface area contributed by atoms with Gasteiger partial charge >= 0.3 is 12.1 Å². The van der Waals surface area contributed by atoms with Crippen LogP contribution >= 0.6 is 0 Å². The highest BCUT2D eigenvalue weighted by Crippen LogP contribution is 2.44. The van der Waals surface area contributed by atoms with E-state index in [-0.39, 0.29) is 30.1 Å². The summed E-state index contributed by atoms with van der Waals surface area (Å²) in [6.45, 7) is 0.0682. The summed E-state index contributed by atoms with van der Waals surface area (Å²) in [5.41, 5.74) is 5.57. The lowest BCUT2D eigenvalue weighted by molar-refractivity contribution is -0.171. The van der Waals surface area contributed by atoms with Gasteiger partial charge in [-0.15, -0.1) is 0 Å². The molecule has 0 saturated heterocycles. The van der Waals surface area contributed by atoms with Gasteiger partial charge in [-0.2, -0.15) is 0 Å². The molecule has 3 amide bonds. The number of hydrogen-bond acceptors (Lipinski definition) is 6. The van der Waals surface area contributed by atoms with Gasteiger partial charge in [0.25, 0.3) is 11.8 Å². The number of amides is 3. The molecule has 1 heterocycles. The van der Waals surface area contributed by atoms with Crippen LogP contribution in [-0.4, -0.2) is 41.6 Å². The zero-order valence-corrected chi connectivity index (χ0v) is 22.0. The Morgan fingerprint density at radius 2 is 1.22 bits per heavy atom. The predicted octanol–water partition coefficient (Wildman–Crippen LogP) is 5.28. The molecule has 0 bridgehead atoms. The average molecular weight is 547 g/mol. The number of hydroxylamine groups is 2. The Morgan fingerprint density at radius 1 is 0.707 bits per heavy atom. The molecule has 8 heteroatoms. The lowest BCUT2D eigenvalue weighted by atomic mass is 9.98. The molecule has 4 aromatic rings. The first-order chi connectivity index (χ1) is 20.0. The fraction of sp³-hybridized carbons (Fsp3) is 0.152. The van der Waals surface area contributed by atoms with Gasteiger partial charge in [0, 0.05) is 5.92 Å². The van der Waals surface area contributed by atoms with Crippen molar-refractivity contribution < 1.29 is 28.8 Å². The quantitative estimate of drug-likeness (QED) is 0.302. The summed E-state index contributed by atoms with van der Waals surface area (Å²) in [7, 11) is 0. The molecule has 0 saturated carbocycles. The molecule has 4 aromatic carbocycles. The smallest absolute Gasteiger partial charge is 0.407 e. The molecule has 0 aromatic heterocycles. The minimum atomic E-state index is -1.17. The third kappa shape index (κ3) is 5.07. The van der Waals surface area contributed by atoms with Crippen LogP contribution in [0.25, 0.3) is 11.1 Å². The van der Waals surface area contributed by atoms with E-state index in [1.54, 1.807) is 12.1 Å². The topological polar surface area (TPSA) is 102 Å². The van der Waals surface area contributed by atoms with Gasteiger partial charge in [0.2, 0.25) is 0 Å². The number of nitrogens with one attached hydrogen (secondary N) is 1. The number of fused-ring (bicyclic) bond motifs is 4. The number of nitrogens with zero attached hydrogens (tertiary/aromatic N) is 1. The van der Waals surface area contributed by atoms with E-state index < -0.39 is 29.9 Å². The van der Waals surface area contributed by atoms with Crippen LogP contribution in [0.3, 0.4) is 0 Å². The summed E-state index contributed by atoms with van der Waals surface area (Å²) >= 11 is 0. The number of rotatable bonds is 8. The molecular weight excluding hydrogens is 520 g/mol. The minimum Gasteiger partial charge on any atom is -0.449 e. The second kappa shape index (κ2) is 11.1. The van der Waals surface area contributed by atoms with Crippen LogP contribution in [0.2, 0.25) is 0 Å². The van der Waals surface area contributed by atoms with Gasteiger partial charge in [-0.3, -0.25) is 9.59 Å². The lowest BCUT2D eigenvalue weighted by Gasteiger charge is -2.21. The van der Waals surface area contributed by atoms with Gasteiger partial charge < -0.3 is 14.9 Å². The van der Waals surface area contributed by atoms with Crippen molar-refractivity contribution in [2.24, 2.45) is 0 Å². The van der Waals surface area contributed by atoms with E-state index in [1.807, 2.05) is 78.9 Å². The Hall–Kier alpha value is -5.24. The molecule has 6 rings (SSSR count). The Kier molecular flexibility index (Phi) is 7.04. The molecule has 0 radical (unpaired) electrons. The van der Waals surface area contributed by atoms with Gasteiger partial charge in [0.05, 0.1) is 11.1 Å². The van der Waals surface area contributed by atoms with Crippen LogP contribution in [0.4, 0.5) is 4.79 Å². The van der Waals surface area contributed by atoms with Crippen LogP contribution in [0.5, 0.6) is 0 Å². The molecule has 1 aliphatic carbocycles. The molecule has 1 N–H and O–H groups in total. The second-order valence-electron chi connectivity index (χ2n) is 9.91. The number of carbonyl (C=O) groups excluding carboxylic acids is 4. The molecular formula is C33H26N2O6. The molecule has 2 aliphatic rings. The van der Waals surface area contributed by atoms with Gasteiger partial charge in [-0.1, -0.05) is 96.1 Å². The molecule has 0 fully saturated rings. The maximum atomic E-state index is 13.2. The van der Waals surface area contributed by atoms with Crippen LogP contribution < -0.4 is 5.32 Å². The first-order valence-corrected chi connectivity index (χ1v) is 13.4. The maximum Gasteiger partial charge on any atom is 0.407 e. The van der Waals surface area contributed by atoms with E-state index in [9.17, 15) is 19.2 Å². The summed E-state index contributed by atoms with van der Waals surface area (Å²) in [6, 6.07) is 30.5. The number of hydrogen-bond donors (Lipinski definition) is 1. The van der Waals surface area contributed by atoms with Gasteiger partial charge in [-0.05, 0) is 52.8 Å². The third-order valence-corrected chi connectivity index (χ3v) is 7.42. The highest BCUT2D eigenvalue weighted by molar-refractivity contribution is 6.21. The number of imide groups is 1. The summed E-state index contributed by atoms with van der Waals surface area (Å²) in [6.07, 6.45) is -0.202. The molecule has 0 spiro atoms. The molecule has 41 heavy (non-hydrogen) atoms. The zero-order chi connectivity index (χ0) is 28.3. The van der Waals surface area contributed by atoms with Crippen molar-refractivity contribution in [3.63, 3.8) is 0 Å². The Labute approximate surface area is 236 Å². The van der Waals surface area contributed by atoms with Gasteiger partial charge in [-0.25, -0.2) is 9.59 Å². The fourth-order valence-electron chi connectivity index (χ4n) is 5.39. The van der Waals surface area contributed by atoms with Crippen molar-refractivity contribution in [2.45, 2.75) is 24.8 Å². The normalized spacial score (nSPS) is 14.2. The SMILES string of the molecule is O=C(N[C@H](CCc1ccccc1)C(=O)ON1C(=O)c2ccccc2C1=O)OCC1c2ccccc2-c2ccccc21. The predicted molar refractivity (Wildman–Crippen MR) is 150 cm³/mol. The van der Waals surface area contributed by atoms with Crippen LogP contribution in [0.15, 0.2) is 103 Å². The third-order valence-electron chi connectivity index (χ3n) is 7.42. The number of aryl methyl sites for hydroxylation is 1. The Morgan fingerprint density at radius 3 is 1.80 bits per heavy atom. The van der Waals surface area contributed by atoms with Crippen LogP contribution in [0.1, 0.15) is 49.7 Å². The Balaban J connectivity index is 1.15. The van der Waals surface area contributed by atoms with Crippen molar-refractivity contribution in [3.05, 3.63) is 131 Å². The molecule has 1 atom stereocenters. The molecule has 204 valence electrons. The van der Waals surface area contributed by atoms with E-state index in [0.29, 0.717) is 11.5 Å². The first kappa shape index (κ1) is 26.0. The summed E-state index contributed by atoms with van der Waals surface area (Å²) in [5.74, 6) is -2.56. The second-order valence-corrected chi connectivity index (χ2v) is 9.91. The Bertz CT molecular complexity index is 1570. The van der Waals surface area contributed by atoms with Gasteiger partial charge in [0.15, 0.2) is 0 Å². The molecule has 1 aliphatic heterocycles. The highest BCUT2D eigenvalue weighted by atomic mass is 16.7. The average Bonchev–Trinajstić information content (AvgIpc) is 3.46. The largest absolute Gasteiger partial charge is 0.449 e. The monoisotopic (exact) mass is 546 g/mol. The van der Waals surface area contributed by atoms with Crippen LogP contribution in [-0.2, 0) is 20.8 Å². The van der Waals surface area contributed by atoms with Crippen LogP contribution in [0, 0.1) is 0 Å². The maximum absolute atomic E-state index is 13.2. The molecule has 0 unspecified atom stereocenters. The lowest BCUT2D eigenvalue weighted by Crippen LogP contribution is -2.46. The van der Waals surface area contributed by atoms with Crippen molar-refractivity contribution in [2.75, 3.05) is 6.61 Å². The van der Waals surface area contributed by atoms with E-state index in [2.05, 4.69) is 5.32 Å². The standard InChI is InChI=1S/C33H26N2O6/c36-30-26-16-8-9-17-27(26)31(37)35(30)41-32(38)29(19-18-21-10-2-1-3-11-21)34-33(39)40-20-28-24-14-6-4-12-22(24)23-13-5-7-15-25(23)28/h1-17,28-29H,18-20H2,(H,34,39)/t29-/m1/s1. The van der Waals surface area contributed by atoms with Crippen molar-refractivity contribution in [1.29, 1.82) is 0 Å². The molecule has 8 nitrogen and oxygen atoms in total. The number of alkyl carbamates (subject to hydrolysis) is 1. The highest BCUT2D eigenvalue weighted by Gasteiger charge is 2.40. The number of ether oxygens (including phenoxy) is 1. The van der Waals surface area contributed by atoms with Crippen molar-refractivity contribution in [3.8, 4) is 11.1 Å². The number of carbonyl (C=O) groups is 4. The first-order valence-electron chi connectivity index (χ1n) is 13.4. The zero-order valence-electron chi connectivity index (χ0n) is 22.0. The van der Waals surface area contributed by atoms with Crippen molar-refractivity contribution in [1.82, 2.24) is 10.4 Å². The van der Waals surface area contributed by atoms with E-state index >= 15 is 0 Å². The van der Waals surface area contributed by atoms with Gasteiger partial charge in [0.1, 0.15) is 12.6 Å². The fourth-order valence-corrected chi connectivity index (χ4v) is 5.39. The minimum absolute atomic E-state index is 0.0682. The van der Waals surface area contributed by atoms with E-state index in [1.165, 1.54) is 12.1 Å². The summed E-state index contributed by atoms with van der Waals surface area (Å²) in [5, 5.41) is 3.05. The van der Waals surface area contributed by atoms with E-state index in [4.69, 9.17) is 9.57 Å². The summed E-state index contributed by atoms with van der Waals surface area (Å²) in [4.78, 5) is 57.0. The number of benzene rings is 4. The van der Waals surface area contributed by atoms with E-state index in [0.717, 1.165) is 27.8 Å². The summed E-state index contributed by atoms with van der Waals surface area (Å²) < 4.78 is 5.63. The van der Waals surface area contributed by atoms with Crippen molar-refractivity contribution >= 4 is 23.9 Å².